The number of Topliss-reactive ketones (excluding diaryl/α,β-unsaturated/α-hetero) is 1. The van der Waals surface area contributed by atoms with Crippen LogP contribution in [0, 0.1) is 23.2 Å². The molecule has 0 amide bonds. The molecule has 176 valence electrons. The van der Waals surface area contributed by atoms with Gasteiger partial charge in [0.05, 0.1) is 6.10 Å². The van der Waals surface area contributed by atoms with Crippen LogP contribution in [0.25, 0.3) is 0 Å². The van der Waals surface area contributed by atoms with Gasteiger partial charge in [0.2, 0.25) is 0 Å². The fourth-order valence-corrected chi connectivity index (χ4v) is 5.08. The molecule has 30 heavy (non-hydrogen) atoms. The van der Waals surface area contributed by atoms with E-state index in [2.05, 4.69) is 46.9 Å². The van der Waals surface area contributed by atoms with Crippen LogP contribution in [-0.4, -0.2) is 39.7 Å². The van der Waals surface area contributed by atoms with E-state index in [1.807, 2.05) is 41.5 Å². The second kappa shape index (κ2) is 11.2. The summed E-state index contributed by atoms with van der Waals surface area (Å²) >= 11 is 0. The predicted molar refractivity (Wildman–Crippen MR) is 129 cm³/mol. The lowest BCUT2D eigenvalue weighted by atomic mass is 9.80. The highest BCUT2D eigenvalue weighted by atomic mass is 28.4. The van der Waals surface area contributed by atoms with Crippen molar-refractivity contribution >= 4 is 20.4 Å². The molecule has 0 aliphatic heterocycles. The molecule has 0 radical (unpaired) electrons. The second-order valence-corrected chi connectivity index (χ2v) is 16.4. The van der Waals surface area contributed by atoms with E-state index in [0.29, 0.717) is 5.78 Å². The summed E-state index contributed by atoms with van der Waals surface area (Å²) in [5.74, 6) is 0.443. The number of rotatable bonds is 11. The van der Waals surface area contributed by atoms with Crippen LogP contribution in [0.2, 0.25) is 18.1 Å². The van der Waals surface area contributed by atoms with Gasteiger partial charge in [0.25, 0.3) is 0 Å². The number of ether oxygens (including phenoxy) is 1. The highest BCUT2D eigenvalue weighted by Crippen LogP contribution is 2.38. The molecule has 0 N–H and O–H groups in total. The molecule has 0 fully saturated rings. The maximum Gasteiger partial charge on any atom is 0.193 e. The van der Waals surface area contributed by atoms with E-state index in [-0.39, 0.29) is 34.3 Å². The fourth-order valence-electron chi connectivity index (χ4n) is 3.78. The Hall–Kier alpha value is -0.783. The Balaban J connectivity index is 5.40. The summed E-state index contributed by atoms with van der Waals surface area (Å²) in [4.78, 5) is 24.4. The van der Waals surface area contributed by atoms with Crippen LogP contribution >= 0.6 is 0 Å². The zero-order valence-corrected chi connectivity index (χ0v) is 22.9. The van der Waals surface area contributed by atoms with Crippen molar-refractivity contribution < 1.29 is 18.8 Å². The van der Waals surface area contributed by atoms with Gasteiger partial charge >= 0.3 is 0 Å². The Morgan fingerprint density at radius 2 is 1.53 bits per heavy atom. The van der Waals surface area contributed by atoms with E-state index in [1.54, 1.807) is 7.11 Å². The Morgan fingerprint density at radius 3 is 1.90 bits per heavy atom. The number of carbonyl (C=O) groups is 2. The van der Waals surface area contributed by atoms with E-state index in [1.165, 1.54) is 0 Å². The topological polar surface area (TPSA) is 52.6 Å². The fraction of sp³-hybridized carbons (Fsp3) is 0.840. The third-order valence-electron chi connectivity index (χ3n) is 6.53. The first-order valence-electron chi connectivity index (χ1n) is 11.3. The maximum atomic E-state index is 12.5. The summed E-state index contributed by atoms with van der Waals surface area (Å²) in [6, 6.07) is 0. The van der Waals surface area contributed by atoms with Crippen molar-refractivity contribution in [2.45, 2.75) is 106 Å². The third-order valence-corrected chi connectivity index (χ3v) is 11.0. The number of hydrogen-bond donors (Lipinski definition) is 0. The summed E-state index contributed by atoms with van der Waals surface area (Å²) in [6.45, 7) is 25.0. The molecule has 0 aromatic heterocycles. The van der Waals surface area contributed by atoms with Gasteiger partial charge in [-0.2, -0.15) is 0 Å². The van der Waals surface area contributed by atoms with E-state index >= 15 is 0 Å². The minimum atomic E-state index is -2.07. The average Bonchev–Trinajstić information content (AvgIpc) is 2.57. The molecule has 0 aliphatic rings. The first-order chi connectivity index (χ1) is 13.4. The Bertz CT molecular complexity index is 595. The molecule has 0 saturated heterocycles. The van der Waals surface area contributed by atoms with Gasteiger partial charge in [-0.05, 0) is 43.0 Å². The first kappa shape index (κ1) is 29.2. The highest BCUT2D eigenvalue weighted by Gasteiger charge is 2.41. The van der Waals surface area contributed by atoms with Gasteiger partial charge in [0.1, 0.15) is 18.2 Å². The average molecular weight is 441 g/mol. The van der Waals surface area contributed by atoms with Crippen LogP contribution in [0.15, 0.2) is 11.6 Å². The van der Waals surface area contributed by atoms with Gasteiger partial charge in [-0.1, -0.05) is 68.4 Å². The van der Waals surface area contributed by atoms with E-state index < -0.39 is 14.4 Å². The zero-order valence-electron chi connectivity index (χ0n) is 21.9. The van der Waals surface area contributed by atoms with Gasteiger partial charge in [0, 0.05) is 24.4 Å². The lowest BCUT2D eigenvalue weighted by Gasteiger charge is -2.40. The number of aldehydes is 1. The van der Waals surface area contributed by atoms with Gasteiger partial charge in [-0.15, -0.1) is 0 Å². The molecule has 5 heteroatoms. The molecular weight excluding hydrogens is 392 g/mol. The zero-order chi connectivity index (χ0) is 24.1. The maximum absolute atomic E-state index is 12.5. The quantitative estimate of drug-likeness (QED) is 0.210. The molecule has 0 saturated carbocycles. The predicted octanol–water partition coefficient (Wildman–Crippen LogP) is 6.45. The molecule has 4 nitrogen and oxygen atoms in total. The van der Waals surface area contributed by atoms with Crippen molar-refractivity contribution in [2.75, 3.05) is 7.11 Å². The monoisotopic (exact) mass is 440 g/mol. The Kier molecular flexibility index (Phi) is 10.9. The summed E-state index contributed by atoms with van der Waals surface area (Å²) in [5.41, 5.74) is 0.762. The molecule has 0 rings (SSSR count). The van der Waals surface area contributed by atoms with Crippen molar-refractivity contribution in [1.29, 1.82) is 0 Å². The molecular formula is C25H48O4Si. The Morgan fingerprint density at radius 1 is 1.03 bits per heavy atom. The number of carbonyl (C=O) groups excluding carboxylic acids is 2. The lowest BCUT2D eigenvalue weighted by Crippen LogP contribution is -2.48. The minimum Gasteiger partial charge on any atom is -0.407 e. The third kappa shape index (κ3) is 8.39. The molecule has 0 aromatic carbocycles. The summed E-state index contributed by atoms with van der Waals surface area (Å²) in [7, 11) is -0.390. The lowest BCUT2D eigenvalue weighted by molar-refractivity contribution is -0.130. The summed E-state index contributed by atoms with van der Waals surface area (Å²) in [6.07, 6.45) is 3.20. The van der Waals surface area contributed by atoms with Crippen LogP contribution in [0.4, 0.5) is 0 Å². The first-order valence-corrected chi connectivity index (χ1v) is 14.2. The smallest absolute Gasteiger partial charge is 0.193 e. The largest absolute Gasteiger partial charge is 0.407 e. The van der Waals surface area contributed by atoms with Crippen molar-refractivity contribution in [3.05, 3.63) is 11.6 Å². The van der Waals surface area contributed by atoms with E-state index in [4.69, 9.17) is 9.16 Å². The van der Waals surface area contributed by atoms with Crippen LogP contribution in [0.3, 0.4) is 0 Å². The molecule has 0 unspecified atom stereocenters. The molecule has 5 atom stereocenters. The van der Waals surface area contributed by atoms with Crippen LogP contribution < -0.4 is 0 Å². The second-order valence-electron chi connectivity index (χ2n) is 11.6. The van der Waals surface area contributed by atoms with Gasteiger partial charge in [-0.3, -0.25) is 4.79 Å². The van der Waals surface area contributed by atoms with Crippen molar-refractivity contribution in [3.63, 3.8) is 0 Å². The standard InChI is InChI=1S/C25H48O4Si/c1-17(15-19(3)23(27)24(5,6)7)14-18(2)22(28-11)20(4)21(16-26)29-30(12,13)25(8,9)10/h14,16-17,19-22H,15H2,1-13H3/b18-14+/t17-,19-,20-,21+,22+/m0/s1. The number of allylic oxidation sites excluding steroid dienone is 1. The van der Waals surface area contributed by atoms with Gasteiger partial charge in [0.15, 0.2) is 8.32 Å². The van der Waals surface area contributed by atoms with Crippen LogP contribution in [0.1, 0.15) is 75.7 Å². The molecule has 0 spiro atoms. The van der Waals surface area contributed by atoms with Crippen molar-refractivity contribution in [3.8, 4) is 0 Å². The number of hydrogen-bond acceptors (Lipinski definition) is 4. The number of ketones is 1. The van der Waals surface area contributed by atoms with Crippen molar-refractivity contribution in [2.24, 2.45) is 23.2 Å². The van der Waals surface area contributed by atoms with E-state index in [9.17, 15) is 9.59 Å². The van der Waals surface area contributed by atoms with Gasteiger partial charge in [-0.25, -0.2) is 0 Å². The highest BCUT2D eigenvalue weighted by molar-refractivity contribution is 6.74. The molecule has 0 aromatic rings. The Labute approximate surface area is 187 Å². The summed E-state index contributed by atoms with van der Waals surface area (Å²) < 4.78 is 12.2. The van der Waals surface area contributed by atoms with Crippen LogP contribution in [-0.2, 0) is 18.8 Å². The molecule has 0 aliphatic carbocycles. The molecule has 0 heterocycles. The number of methoxy groups -OCH3 is 1. The molecule has 0 bridgehead atoms. The van der Waals surface area contributed by atoms with Crippen LogP contribution in [0.5, 0.6) is 0 Å². The van der Waals surface area contributed by atoms with E-state index in [0.717, 1.165) is 18.3 Å². The SMILES string of the molecule is CO[C@H](/C(C)=C/[C@H](C)C[C@H](C)C(=O)C(C)(C)C)[C@@H](C)[C@@H](C=O)O[Si](C)(C)C(C)(C)C. The minimum absolute atomic E-state index is 0.00658. The summed E-state index contributed by atoms with van der Waals surface area (Å²) in [5, 5.41) is 0.0334. The van der Waals surface area contributed by atoms with Gasteiger partial charge < -0.3 is 14.0 Å². The van der Waals surface area contributed by atoms with Crippen molar-refractivity contribution in [1.82, 2.24) is 0 Å². The normalized spacial score (nSPS) is 19.0.